The van der Waals surface area contributed by atoms with Crippen LogP contribution >= 0.6 is 11.9 Å². The number of hydrogen-bond acceptors (Lipinski definition) is 4. The molecule has 0 aliphatic carbocycles. The summed E-state index contributed by atoms with van der Waals surface area (Å²) >= 11 is 4.69. The topological polar surface area (TPSA) is 52.6 Å². The van der Waals surface area contributed by atoms with E-state index in [1.807, 2.05) is 0 Å². The zero-order valence-corrected chi connectivity index (χ0v) is 6.47. The van der Waals surface area contributed by atoms with Crippen LogP contribution in [0.1, 0.15) is 6.42 Å². The smallest absolute Gasteiger partial charge is 0.330 e. The van der Waals surface area contributed by atoms with Gasteiger partial charge in [-0.15, -0.1) is 0 Å². The minimum absolute atomic E-state index is 0.0452. The van der Waals surface area contributed by atoms with Crippen LogP contribution in [0.5, 0.6) is 0 Å². The Balaban J connectivity index is 3.34. The van der Waals surface area contributed by atoms with E-state index in [1.54, 1.807) is 0 Å². The average molecular weight is 179 g/mol. The highest BCUT2D eigenvalue weighted by molar-refractivity contribution is 6.13. The van der Waals surface area contributed by atoms with E-state index in [2.05, 4.69) is 15.6 Å². The molecular formula is C6H7ClO4. The first-order chi connectivity index (χ1) is 5.20. The molecule has 0 fully saturated rings. The number of hydrogen-bond donors (Lipinski definition) is 0. The minimum atomic E-state index is -0.636. The predicted octanol–water partition coefficient (Wildman–Crippen LogP) is 0.803. The maximum Gasteiger partial charge on any atom is 0.330 e. The summed E-state index contributed by atoms with van der Waals surface area (Å²) in [6.07, 6.45) is 0.953. The van der Waals surface area contributed by atoms with Crippen LogP contribution in [0.2, 0.25) is 0 Å². The van der Waals surface area contributed by atoms with Crippen molar-refractivity contribution < 1.29 is 18.6 Å². The lowest BCUT2D eigenvalue weighted by molar-refractivity contribution is -0.141. The second kappa shape index (κ2) is 5.73. The third-order valence-corrected chi connectivity index (χ3v) is 0.975. The van der Waals surface area contributed by atoms with E-state index in [-0.39, 0.29) is 13.0 Å². The second-order valence-corrected chi connectivity index (χ2v) is 1.73. The van der Waals surface area contributed by atoms with Crippen LogP contribution in [-0.4, -0.2) is 18.5 Å². The van der Waals surface area contributed by atoms with E-state index in [0.29, 0.717) is 0 Å². The number of carbonyl (C=O) groups excluding carboxylic acids is 2. The lowest BCUT2D eigenvalue weighted by atomic mass is 10.5. The van der Waals surface area contributed by atoms with Gasteiger partial charge in [-0.05, 0) is 0 Å². The van der Waals surface area contributed by atoms with Gasteiger partial charge < -0.3 is 9.03 Å². The molecule has 0 bridgehead atoms. The number of rotatable bonds is 4. The Morgan fingerprint density at radius 3 is 2.64 bits per heavy atom. The van der Waals surface area contributed by atoms with Crippen molar-refractivity contribution in [2.75, 3.05) is 6.61 Å². The molecule has 0 aromatic rings. The van der Waals surface area contributed by atoms with E-state index in [1.165, 1.54) is 0 Å². The van der Waals surface area contributed by atoms with E-state index >= 15 is 0 Å². The maximum atomic E-state index is 10.4. The van der Waals surface area contributed by atoms with Gasteiger partial charge in [0, 0.05) is 6.08 Å². The lowest BCUT2D eigenvalue weighted by Crippen LogP contribution is -2.07. The molecule has 11 heavy (non-hydrogen) atoms. The molecule has 0 N–H and O–H groups in total. The number of esters is 1. The van der Waals surface area contributed by atoms with Crippen molar-refractivity contribution in [1.82, 2.24) is 0 Å². The number of halogens is 1. The van der Waals surface area contributed by atoms with Gasteiger partial charge in [0.2, 0.25) is 0 Å². The van der Waals surface area contributed by atoms with Crippen LogP contribution in [0.15, 0.2) is 12.7 Å². The highest BCUT2D eigenvalue weighted by Crippen LogP contribution is 1.90. The van der Waals surface area contributed by atoms with Crippen molar-refractivity contribution in [3.05, 3.63) is 12.7 Å². The zero-order valence-electron chi connectivity index (χ0n) is 5.71. The molecule has 0 aromatic carbocycles. The lowest BCUT2D eigenvalue weighted by Gasteiger charge is -1.97. The Hall–Kier alpha value is -1.03. The van der Waals surface area contributed by atoms with Crippen molar-refractivity contribution in [2.45, 2.75) is 6.42 Å². The summed E-state index contributed by atoms with van der Waals surface area (Å²) in [4.78, 5) is 20.7. The van der Waals surface area contributed by atoms with Gasteiger partial charge in [0.15, 0.2) is 0 Å². The van der Waals surface area contributed by atoms with Crippen LogP contribution in [-0.2, 0) is 18.6 Å². The van der Waals surface area contributed by atoms with Gasteiger partial charge >= 0.3 is 11.9 Å². The number of ether oxygens (including phenoxy) is 1. The first-order valence-electron chi connectivity index (χ1n) is 2.81. The standard InChI is InChI=1S/C6H7ClO4/c1-2-5(8)10-4-3-6(9)11-7/h2H,1,3-4H2. The van der Waals surface area contributed by atoms with Crippen molar-refractivity contribution >= 4 is 23.8 Å². The number of carbonyl (C=O) groups is 2. The van der Waals surface area contributed by atoms with Crippen molar-refractivity contribution in [3.63, 3.8) is 0 Å². The molecule has 62 valence electrons. The zero-order chi connectivity index (χ0) is 8.69. The summed E-state index contributed by atoms with van der Waals surface area (Å²) in [6.45, 7) is 3.12. The molecule has 0 aromatic heterocycles. The van der Waals surface area contributed by atoms with E-state index in [0.717, 1.165) is 6.08 Å². The summed E-state index contributed by atoms with van der Waals surface area (Å²) in [5.41, 5.74) is 0. The van der Waals surface area contributed by atoms with E-state index < -0.39 is 11.9 Å². The van der Waals surface area contributed by atoms with Crippen LogP contribution in [0.25, 0.3) is 0 Å². The predicted molar refractivity (Wildman–Crippen MR) is 37.7 cm³/mol. The molecular weight excluding hydrogens is 172 g/mol. The molecule has 4 nitrogen and oxygen atoms in total. The minimum Gasteiger partial charge on any atom is -0.462 e. The molecule has 5 heteroatoms. The molecule has 0 atom stereocenters. The molecule has 0 rings (SSSR count). The van der Waals surface area contributed by atoms with E-state index in [4.69, 9.17) is 11.9 Å². The van der Waals surface area contributed by atoms with Gasteiger partial charge in [0.25, 0.3) is 0 Å². The Morgan fingerprint density at radius 2 is 2.18 bits per heavy atom. The van der Waals surface area contributed by atoms with Crippen molar-refractivity contribution in [3.8, 4) is 0 Å². The first-order valence-corrected chi connectivity index (χ1v) is 3.12. The van der Waals surface area contributed by atoms with Gasteiger partial charge in [-0.25, -0.2) is 4.79 Å². The molecule has 0 radical (unpaired) electrons. The largest absolute Gasteiger partial charge is 0.462 e. The summed E-state index contributed by atoms with van der Waals surface area (Å²) in [7, 11) is 0. The normalized spacial score (nSPS) is 8.45. The monoisotopic (exact) mass is 178 g/mol. The summed E-state index contributed by atoms with van der Waals surface area (Å²) < 4.78 is 8.23. The van der Waals surface area contributed by atoms with Crippen molar-refractivity contribution in [2.24, 2.45) is 0 Å². The van der Waals surface area contributed by atoms with Crippen LogP contribution in [0.3, 0.4) is 0 Å². The molecule has 0 aliphatic heterocycles. The fourth-order valence-corrected chi connectivity index (χ4v) is 0.410. The molecule has 0 heterocycles. The Bertz CT molecular complexity index is 166. The van der Waals surface area contributed by atoms with Crippen LogP contribution in [0.4, 0.5) is 0 Å². The van der Waals surface area contributed by atoms with Crippen LogP contribution in [0, 0.1) is 0 Å². The van der Waals surface area contributed by atoms with Gasteiger partial charge in [-0.3, -0.25) is 4.79 Å². The SMILES string of the molecule is C=CC(=O)OCCC(=O)OCl. The first kappa shape index (κ1) is 9.97. The molecule has 0 spiro atoms. The Morgan fingerprint density at radius 1 is 1.55 bits per heavy atom. The maximum absolute atomic E-state index is 10.4. The third kappa shape index (κ3) is 5.42. The van der Waals surface area contributed by atoms with E-state index in [9.17, 15) is 9.59 Å². The van der Waals surface area contributed by atoms with Gasteiger partial charge in [-0.2, -0.15) is 0 Å². The molecule has 0 aliphatic rings. The van der Waals surface area contributed by atoms with Gasteiger partial charge in [0.1, 0.15) is 18.5 Å². The fraction of sp³-hybridized carbons (Fsp3) is 0.333. The quantitative estimate of drug-likeness (QED) is 0.472. The highest BCUT2D eigenvalue weighted by Gasteiger charge is 2.02. The molecule has 0 saturated carbocycles. The summed E-state index contributed by atoms with van der Waals surface area (Å²) in [5, 5.41) is 0. The Kier molecular flexibility index (Phi) is 5.20. The fourth-order valence-electron chi connectivity index (χ4n) is 0.332. The van der Waals surface area contributed by atoms with Gasteiger partial charge in [-0.1, -0.05) is 6.58 Å². The van der Waals surface area contributed by atoms with Gasteiger partial charge in [0.05, 0.1) is 6.42 Å². The highest BCUT2D eigenvalue weighted by atomic mass is 35.5. The average Bonchev–Trinajstić information content (AvgIpc) is 2.04. The molecule has 0 unspecified atom stereocenters. The summed E-state index contributed by atoms with van der Waals surface area (Å²) in [5.74, 6) is -1.21. The van der Waals surface area contributed by atoms with Crippen molar-refractivity contribution in [1.29, 1.82) is 0 Å². The second-order valence-electron chi connectivity index (χ2n) is 1.57. The third-order valence-electron chi connectivity index (χ3n) is 0.803. The van der Waals surface area contributed by atoms with Crippen LogP contribution < -0.4 is 0 Å². The molecule has 0 saturated heterocycles. The summed E-state index contributed by atoms with van der Waals surface area (Å²) in [6, 6.07) is 0. The molecule has 0 amide bonds. The Labute approximate surface area is 68.9 Å².